The van der Waals surface area contributed by atoms with Crippen LogP contribution in [-0.4, -0.2) is 30.9 Å². The van der Waals surface area contributed by atoms with Crippen molar-refractivity contribution in [2.24, 2.45) is 0 Å². The maximum Gasteiger partial charge on any atom is 0.257 e. The van der Waals surface area contributed by atoms with E-state index in [2.05, 4.69) is 15.6 Å². The predicted octanol–water partition coefficient (Wildman–Crippen LogP) is 4.78. The normalized spacial score (nSPS) is 14.8. The highest BCUT2D eigenvalue weighted by Crippen LogP contribution is 2.39. The molecule has 0 aliphatic heterocycles. The van der Waals surface area contributed by atoms with Crippen molar-refractivity contribution in [3.8, 4) is 0 Å². The zero-order valence-electron chi connectivity index (χ0n) is 16.6. The number of carbonyl (C=O) groups excluding carboxylic acids is 2. The molecule has 4 rings (SSSR count). The van der Waals surface area contributed by atoms with Crippen LogP contribution in [0.15, 0.2) is 48.5 Å². The molecule has 1 heterocycles. The molecule has 0 radical (unpaired) electrons. The molecule has 1 atom stereocenters. The number of hydrogen-bond acceptors (Lipinski definition) is 5. The Hall–Kier alpha value is -2.90. The van der Waals surface area contributed by atoms with Gasteiger partial charge in [-0.15, -0.1) is 11.3 Å². The molecular formula is C22H21ClN4O2S. The van der Waals surface area contributed by atoms with Gasteiger partial charge in [0.15, 0.2) is 5.13 Å². The Bertz CT molecular complexity index is 1080. The van der Waals surface area contributed by atoms with Crippen LogP contribution in [0.5, 0.6) is 0 Å². The Labute approximate surface area is 183 Å². The van der Waals surface area contributed by atoms with Gasteiger partial charge in [-0.3, -0.25) is 14.9 Å². The highest BCUT2D eigenvalue weighted by Gasteiger charge is 2.33. The maximum absolute atomic E-state index is 12.8. The summed E-state index contributed by atoms with van der Waals surface area (Å²) in [7, 11) is 3.94. The smallest absolute Gasteiger partial charge is 0.257 e. The Morgan fingerprint density at radius 3 is 2.43 bits per heavy atom. The second kappa shape index (κ2) is 8.45. The first-order valence-corrected chi connectivity index (χ1v) is 10.7. The summed E-state index contributed by atoms with van der Waals surface area (Å²) in [6.45, 7) is 0. The minimum atomic E-state index is -0.314. The number of nitrogens with zero attached hydrogens (tertiary/aromatic N) is 2. The van der Waals surface area contributed by atoms with Crippen molar-refractivity contribution >= 4 is 51.3 Å². The van der Waals surface area contributed by atoms with Crippen LogP contribution in [-0.2, 0) is 11.2 Å². The quantitative estimate of drug-likeness (QED) is 0.598. The molecule has 154 valence electrons. The number of hydrogen-bond donors (Lipinski definition) is 2. The minimum absolute atomic E-state index is 0.0766. The number of amides is 2. The molecule has 2 aromatic carbocycles. The van der Waals surface area contributed by atoms with Crippen molar-refractivity contribution < 1.29 is 9.59 Å². The largest absolute Gasteiger partial charge is 0.378 e. The number of rotatable bonds is 5. The fraction of sp³-hybridized carbons (Fsp3) is 0.227. The number of fused-ring (bicyclic) bond motifs is 1. The van der Waals surface area contributed by atoms with E-state index in [4.69, 9.17) is 11.6 Å². The lowest BCUT2D eigenvalue weighted by Gasteiger charge is -2.14. The monoisotopic (exact) mass is 440 g/mol. The first kappa shape index (κ1) is 20.4. The second-order valence-corrected chi connectivity index (χ2v) is 8.83. The van der Waals surface area contributed by atoms with Crippen LogP contribution in [0.25, 0.3) is 0 Å². The predicted molar refractivity (Wildman–Crippen MR) is 122 cm³/mol. The van der Waals surface area contributed by atoms with Crippen LogP contribution in [0.3, 0.4) is 0 Å². The van der Waals surface area contributed by atoms with Gasteiger partial charge in [-0.2, -0.15) is 0 Å². The summed E-state index contributed by atoms with van der Waals surface area (Å²) < 4.78 is 0. The topological polar surface area (TPSA) is 74.3 Å². The van der Waals surface area contributed by atoms with Gasteiger partial charge in [-0.25, -0.2) is 4.98 Å². The van der Waals surface area contributed by atoms with Crippen molar-refractivity contribution in [3.05, 3.63) is 69.7 Å². The molecule has 1 aliphatic rings. The molecule has 2 N–H and O–H groups in total. The molecule has 1 unspecified atom stereocenters. The molecule has 1 aromatic heterocycles. The summed E-state index contributed by atoms with van der Waals surface area (Å²) >= 11 is 7.30. The highest BCUT2D eigenvalue weighted by atomic mass is 35.5. The number of thiazole rings is 1. The Balaban J connectivity index is 1.43. The second-order valence-electron chi connectivity index (χ2n) is 7.31. The molecule has 6 nitrogen and oxygen atoms in total. The van der Waals surface area contributed by atoms with E-state index in [-0.39, 0.29) is 17.7 Å². The summed E-state index contributed by atoms with van der Waals surface area (Å²) in [4.78, 5) is 32.8. The fourth-order valence-electron chi connectivity index (χ4n) is 3.38. The number of halogens is 1. The van der Waals surface area contributed by atoms with E-state index in [1.165, 1.54) is 11.3 Å². The van der Waals surface area contributed by atoms with Gasteiger partial charge in [0.25, 0.3) is 5.91 Å². The lowest BCUT2D eigenvalue weighted by molar-refractivity contribution is -0.117. The maximum atomic E-state index is 12.8. The number of nitrogens with one attached hydrogen (secondary N) is 2. The third-order valence-corrected chi connectivity index (χ3v) is 6.31. The zero-order chi connectivity index (χ0) is 21.3. The lowest BCUT2D eigenvalue weighted by Crippen LogP contribution is -2.20. The molecule has 8 heteroatoms. The zero-order valence-corrected chi connectivity index (χ0v) is 18.2. The summed E-state index contributed by atoms with van der Waals surface area (Å²) in [5.41, 5.74) is 3.08. The Morgan fingerprint density at radius 1 is 1.07 bits per heavy atom. The first-order chi connectivity index (χ1) is 14.4. The fourth-order valence-corrected chi connectivity index (χ4v) is 4.54. The van der Waals surface area contributed by atoms with Gasteiger partial charge in [-0.05, 0) is 61.4 Å². The average molecular weight is 441 g/mol. The first-order valence-electron chi connectivity index (χ1n) is 9.55. The van der Waals surface area contributed by atoms with Gasteiger partial charge >= 0.3 is 0 Å². The molecule has 0 spiro atoms. The molecule has 0 saturated heterocycles. The standard InChI is InChI=1S/C22H21ClN4O2S/c1-27(2)16-9-7-15(8-10-16)24-21(29)17-11-12-18-19(17)25-22(30-18)26-20(28)13-3-5-14(23)6-4-13/h3-10,17H,11-12H2,1-2H3,(H,24,29)(H,25,26,28). The number of carbonyl (C=O) groups is 2. The van der Waals surface area contributed by atoms with Crippen LogP contribution in [0.1, 0.15) is 33.3 Å². The summed E-state index contributed by atoms with van der Waals surface area (Å²) in [5, 5.41) is 6.88. The SMILES string of the molecule is CN(C)c1ccc(NC(=O)C2CCc3sc(NC(=O)c4ccc(Cl)cc4)nc32)cc1. The molecule has 30 heavy (non-hydrogen) atoms. The third kappa shape index (κ3) is 4.32. The molecule has 2 amide bonds. The third-order valence-electron chi connectivity index (χ3n) is 5.01. The van der Waals surface area contributed by atoms with Crippen molar-refractivity contribution in [2.45, 2.75) is 18.8 Å². The van der Waals surface area contributed by atoms with E-state index in [9.17, 15) is 9.59 Å². The van der Waals surface area contributed by atoms with Crippen LogP contribution in [0.2, 0.25) is 5.02 Å². The summed E-state index contributed by atoms with van der Waals surface area (Å²) in [6.07, 6.45) is 1.50. The number of aryl methyl sites for hydroxylation is 1. The van der Waals surface area contributed by atoms with E-state index < -0.39 is 0 Å². The van der Waals surface area contributed by atoms with Gasteiger partial charge in [0.2, 0.25) is 5.91 Å². The molecule has 1 aliphatic carbocycles. The van der Waals surface area contributed by atoms with Crippen LogP contribution < -0.4 is 15.5 Å². The van der Waals surface area contributed by atoms with Crippen LogP contribution in [0.4, 0.5) is 16.5 Å². The van der Waals surface area contributed by atoms with E-state index in [0.717, 1.165) is 34.8 Å². The Morgan fingerprint density at radius 2 is 1.77 bits per heavy atom. The van der Waals surface area contributed by atoms with Gasteiger partial charge in [0.1, 0.15) is 0 Å². The summed E-state index contributed by atoms with van der Waals surface area (Å²) in [6, 6.07) is 14.4. The summed E-state index contributed by atoms with van der Waals surface area (Å²) in [5.74, 6) is -0.640. The molecule has 3 aromatic rings. The van der Waals surface area contributed by atoms with Gasteiger partial charge < -0.3 is 10.2 Å². The van der Waals surface area contributed by atoms with Gasteiger partial charge in [-0.1, -0.05) is 11.6 Å². The van der Waals surface area contributed by atoms with E-state index >= 15 is 0 Å². The van der Waals surface area contributed by atoms with Crippen LogP contribution >= 0.6 is 22.9 Å². The van der Waals surface area contributed by atoms with Crippen LogP contribution in [0, 0.1) is 0 Å². The molecule has 0 bridgehead atoms. The lowest BCUT2D eigenvalue weighted by atomic mass is 10.1. The van der Waals surface area contributed by atoms with Crippen molar-refractivity contribution in [1.82, 2.24) is 4.98 Å². The molecule has 0 saturated carbocycles. The number of aromatic nitrogens is 1. The Kier molecular flexibility index (Phi) is 5.74. The van der Waals surface area contributed by atoms with Gasteiger partial charge in [0.05, 0.1) is 11.6 Å². The molecular weight excluding hydrogens is 420 g/mol. The van der Waals surface area contributed by atoms with E-state index in [1.807, 2.05) is 43.3 Å². The van der Waals surface area contributed by atoms with Crippen molar-refractivity contribution in [1.29, 1.82) is 0 Å². The number of anilines is 3. The van der Waals surface area contributed by atoms with E-state index in [1.54, 1.807) is 24.3 Å². The minimum Gasteiger partial charge on any atom is -0.378 e. The highest BCUT2D eigenvalue weighted by molar-refractivity contribution is 7.16. The average Bonchev–Trinajstić information content (AvgIpc) is 3.29. The van der Waals surface area contributed by atoms with Crippen molar-refractivity contribution in [3.63, 3.8) is 0 Å². The van der Waals surface area contributed by atoms with E-state index in [0.29, 0.717) is 15.7 Å². The number of benzene rings is 2. The van der Waals surface area contributed by atoms with Gasteiger partial charge in [0, 0.05) is 40.9 Å². The molecule has 0 fully saturated rings. The van der Waals surface area contributed by atoms with Crippen molar-refractivity contribution in [2.75, 3.05) is 29.6 Å².